The molecule has 16 heavy (non-hydrogen) atoms. The first kappa shape index (κ1) is 11.9. The van der Waals surface area contributed by atoms with Gasteiger partial charge in [0.2, 0.25) is 0 Å². The molecule has 0 bridgehead atoms. The summed E-state index contributed by atoms with van der Waals surface area (Å²) in [5.74, 6) is -0.286. The normalized spacial score (nSPS) is 10.1. The van der Waals surface area contributed by atoms with Crippen LogP contribution < -0.4 is 0 Å². The van der Waals surface area contributed by atoms with Crippen molar-refractivity contribution in [2.45, 2.75) is 6.92 Å². The molecule has 0 aliphatic carbocycles. The highest BCUT2D eigenvalue weighted by molar-refractivity contribution is 6.09. The molecule has 0 saturated heterocycles. The van der Waals surface area contributed by atoms with E-state index >= 15 is 0 Å². The Hall–Kier alpha value is -2.21. The van der Waals surface area contributed by atoms with Gasteiger partial charge >= 0.3 is 0 Å². The van der Waals surface area contributed by atoms with E-state index in [1.807, 2.05) is 0 Å². The Labute approximate surface area is 94.1 Å². The third-order valence-electron chi connectivity index (χ3n) is 2.05. The SMILES string of the molecule is C=C(C#N)N=CC(=C)c1ccc(C)c(F)c1. The number of hydrogen-bond acceptors (Lipinski definition) is 2. The maximum Gasteiger partial charge on any atom is 0.133 e. The summed E-state index contributed by atoms with van der Waals surface area (Å²) in [6, 6.07) is 6.59. The Kier molecular flexibility index (Phi) is 3.73. The van der Waals surface area contributed by atoms with Crippen LogP contribution >= 0.6 is 0 Å². The second kappa shape index (κ2) is 5.04. The number of hydrogen-bond donors (Lipinski definition) is 0. The highest BCUT2D eigenvalue weighted by Gasteiger charge is 2.01. The second-order valence-corrected chi connectivity index (χ2v) is 3.31. The minimum absolute atomic E-state index is 0.0914. The zero-order chi connectivity index (χ0) is 12.1. The summed E-state index contributed by atoms with van der Waals surface area (Å²) in [7, 11) is 0. The molecule has 0 saturated carbocycles. The maximum absolute atomic E-state index is 13.2. The molecule has 0 aliphatic rings. The summed E-state index contributed by atoms with van der Waals surface area (Å²) >= 11 is 0. The first-order chi connectivity index (χ1) is 7.54. The van der Waals surface area contributed by atoms with Gasteiger partial charge in [-0.1, -0.05) is 25.3 Å². The zero-order valence-corrected chi connectivity index (χ0v) is 9.00. The lowest BCUT2D eigenvalue weighted by Gasteiger charge is -2.02. The average Bonchev–Trinajstić information content (AvgIpc) is 2.29. The van der Waals surface area contributed by atoms with Gasteiger partial charge in [-0.05, 0) is 29.7 Å². The number of nitriles is 1. The van der Waals surface area contributed by atoms with E-state index in [4.69, 9.17) is 5.26 Å². The van der Waals surface area contributed by atoms with E-state index in [0.717, 1.165) is 0 Å². The van der Waals surface area contributed by atoms with Crippen molar-refractivity contribution in [3.63, 3.8) is 0 Å². The fourth-order valence-corrected chi connectivity index (χ4v) is 1.05. The first-order valence-corrected chi connectivity index (χ1v) is 4.63. The molecule has 0 spiro atoms. The van der Waals surface area contributed by atoms with E-state index in [-0.39, 0.29) is 11.5 Å². The monoisotopic (exact) mass is 214 g/mol. The van der Waals surface area contributed by atoms with Gasteiger partial charge in [0.15, 0.2) is 0 Å². The van der Waals surface area contributed by atoms with Crippen LogP contribution in [0.1, 0.15) is 11.1 Å². The van der Waals surface area contributed by atoms with E-state index in [0.29, 0.717) is 16.7 Å². The molecule has 0 aromatic heterocycles. The molecular weight excluding hydrogens is 203 g/mol. The van der Waals surface area contributed by atoms with Crippen molar-refractivity contribution in [1.29, 1.82) is 5.26 Å². The third-order valence-corrected chi connectivity index (χ3v) is 2.05. The van der Waals surface area contributed by atoms with Crippen LogP contribution in [0.3, 0.4) is 0 Å². The zero-order valence-electron chi connectivity index (χ0n) is 9.00. The van der Waals surface area contributed by atoms with Crippen LogP contribution in [0.4, 0.5) is 4.39 Å². The topological polar surface area (TPSA) is 36.1 Å². The summed E-state index contributed by atoms with van der Waals surface area (Å²) in [5, 5.41) is 8.45. The highest BCUT2D eigenvalue weighted by atomic mass is 19.1. The van der Waals surface area contributed by atoms with Crippen LogP contribution in [0.5, 0.6) is 0 Å². The van der Waals surface area contributed by atoms with Gasteiger partial charge in [-0.3, -0.25) is 0 Å². The van der Waals surface area contributed by atoms with E-state index in [9.17, 15) is 4.39 Å². The fraction of sp³-hybridized carbons (Fsp3) is 0.0769. The molecular formula is C13H11FN2. The van der Waals surface area contributed by atoms with Crippen molar-refractivity contribution in [3.8, 4) is 6.07 Å². The number of aryl methyl sites for hydroxylation is 1. The molecule has 0 fully saturated rings. The van der Waals surface area contributed by atoms with Gasteiger partial charge in [0.05, 0.1) is 0 Å². The number of benzene rings is 1. The van der Waals surface area contributed by atoms with Crippen LogP contribution in [-0.4, -0.2) is 6.21 Å². The van der Waals surface area contributed by atoms with Crippen molar-refractivity contribution in [3.05, 3.63) is 54.0 Å². The Balaban J connectivity index is 2.90. The molecule has 0 unspecified atom stereocenters. The standard InChI is InChI=1S/C13H11FN2/c1-9-4-5-12(6-13(9)14)10(2)8-16-11(3)7-15/h4-6,8H,2-3H2,1H3. The third kappa shape index (κ3) is 2.89. The number of rotatable bonds is 3. The van der Waals surface area contributed by atoms with Crippen molar-refractivity contribution in [2.75, 3.05) is 0 Å². The molecule has 0 atom stereocenters. The van der Waals surface area contributed by atoms with Gasteiger partial charge in [0.1, 0.15) is 17.6 Å². The van der Waals surface area contributed by atoms with Gasteiger partial charge in [0.25, 0.3) is 0 Å². The quantitative estimate of drug-likeness (QED) is 0.562. The van der Waals surface area contributed by atoms with Crippen LogP contribution in [0, 0.1) is 24.1 Å². The van der Waals surface area contributed by atoms with Gasteiger partial charge < -0.3 is 0 Å². The minimum Gasteiger partial charge on any atom is -0.246 e. The Morgan fingerprint density at radius 3 is 2.75 bits per heavy atom. The molecule has 0 radical (unpaired) electrons. The second-order valence-electron chi connectivity index (χ2n) is 3.31. The number of aliphatic imine (C=N–C) groups is 1. The van der Waals surface area contributed by atoms with Gasteiger partial charge in [0, 0.05) is 6.21 Å². The van der Waals surface area contributed by atoms with Gasteiger partial charge in [-0.25, -0.2) is 9.38 Å². The first-order valence-electron chi connectivity index (χ1n) is 4.63. The van der Waals surface area contributed by atoms with Crippen molar-refractivity contribution < 1.29 is 4.39 Å². The highest BCUT2D eigenvalue weighted by Crippen LogP contribution is 2.15. The van der Waals surface area contributed by atoms with Crippen LogP contribution in [0.2, 0.25) is 0 Å². The molecule has 0 amide bonds. The lowest BCUT2D eigenvalue weighted by Crippen LogP contribution is -1.89. The lowest BCUT2D eigenvalue weighted by atomic mass is 10.1. The summed E-state index contributed by atoms with van der Waals surface area (Å²) in [5.41, 5.74) is 1.84. The molecule has 1 aromatic rings. The van der Waals surface area contributed by atoms with Gasteiger partial charge in [-0.2, -0.15) is 5.26 Å². The summed E-state index contributed by atoms with van der Waals surface area (Å²) in [6.45, 7) is 8.82. The molecule has 0 aliphatic heterocycles. The molecule has 2 nitrogen and oxygen atoms in total. The summed E-state index contributed by atoms with van der Waals surface area (Å²) in [6.07, 6.45) is 1.40. The smallest absolute Gasteiger partial charge is 0.133 e. The predicted octanol–water partition coefficient (Wildman–Crippen LogP) is 3.26. The largest absolute Gasteiger partial charge is 0.246 e. The summed E-state index contributed by atoms with van der Waals surface area (Å²) < 4.78 is 13.2. The number of nitrogens with zero attached hydrogens (tertiary/aromatic N) is 2. The molecule has 0 heterocycles. The van der Waals surface area contributed by atoms with Crippen molar-refractivity contribution >= 4 is 11.8 Å². The molecule has 1 rings (SSSR count). The van der Waals surface area contributed by atoms with E-state index in [1.54, 1.807) is 25.1 Å². The predicted molar refractivity (Wildman–Crippen MR) is 63.4 cm³/mol. The average molecular weight is 214 g/mol. The maximum atomic E-state index is 13.2. The molecule has 0 N–H and O–H groups in total. The van der Waals surface area contributed by atoms with Gasteiger partial charge in [-0.15, -0.1) is 0 Å². The minimum atomic E-state index is -0.286. The number of allylic oxidation sites excluding steroid dienone is 2. The van der Waals surface area contributed by atoms with Crippen LogP contribution in [-0.2, 0) is 0 Å². The van der Waals surface area contributed by atoms with Crippen LogP contribution in [0.25, 0.3) is 5.57 Å². The summed E-state index contributed by atoms with van der Waals surface area (Å²) in [4.78, 5) is 3.77. The van der Waals surface area contributed by atoms with Crippen LogP contribution in [0.15, 0.2) is 42.0 Å². The van der Waals surface area contributed by atoms with E-state index in [2.05, 4.69) is 18.2 Å². The molecule has 3 heteroatoms. The molecule has 1 aromatic carbocycles. The van der Waals surface area contributed by atoms with Crippen molar-refractivity contribution in [2.24, 2.45) is 4.99 Å². The Bertz CT molecular complexity index is 507. The van der Waals surface area contributed by atoms with Crippen molar-refractivity contribution in [1.82, 2.24) is 0 Å². The number of halogens is 1. The molecule has 80 valence electrons. The lowest BCUT2D eigenvalue weighted by molar-refractivity contribution is 0.618. The fourth-order valence-electron chi connectivity index (χ4n) is 1.05. The van der Waals surface area contributed by atoms with E-state index < -0.39 is 0 Å². The Morgan fingerprint density at radius 1 is 1.50 bits per heavy atom. The van der Waals surface area contributed by atoms with E-state index in [1.165, 1.54) is 12.3 Å². The Morgan fingerprint density at radius 2 is 2.19 bits per heavy atom.